The van der Waals surface area contributed by atoms with E-state index in [-0.39, 0.29) is 11.9 Å². The van der Waals surface area contributed by atoms with Crippen molar-refractivity contribution in [2.75, 3.05) is 26.2 Å². The zero-order valence-electron chi connectivity index (χ0n) is 14.6. The first-order valence-electron chi connectivity index (χ1n) is 9.18. The van der Waals surface area contributed by atoms with Gasteiger partial charge in [-0.1, -0.05) is 19.4 Å². The second-order valence-electron chi connectivity index (χ2n) is 6.84. The number of nitrogens with one attached hydrogen (secondary N) is 2. The van der Waals surface area contributed by atoms with Gasteiger partial charge in [-0.2, -0.15) is 0 Å². The molecule has 3 rings (SSSR count). The molecule has 6 nitrogen and oxygen atoms in total. The molecule has 2 atom stereocenters. The number of carbonyl (C=O) groups is 1. The van der Waals surface area contributed by atoms with E-state index in [4.69, 9.17) is 0 Å². The first-order valence-corrected chi connectivity index (χ1v) is 9.18. The van der Waals surface area contributed by atoms with Crippen LogP contribution < -0.4 is 10.9 Å². The lowest BCUT2D eigenvalue weighted by atomic mass is 10.1. The third-order valence-electron chi connectivity index (χ3n) is 4.93. The summed E-state index contributed by atoms with van der Waals surface area (Å²) in [6.45, 7) is 6.65. The monoisotopic (exact) mass is 331 g/mol. The van der Waals surface area contributed by atoms with Crippen molar-refractivity contribution in [1.82, 2.24) is 25.6 Å². The van der Waals surface area contributed by atoms with E-state index in [1.807, 2.05) is 23.2 Å². The van der Waals surface area contributed by atoms with Crippen LogP contribution in [-0.2, 0) is 11.3 Å². The van der Waals surface area contributed by atoms with Gasteiger partial charge in [-0.3, -0.25) is 20.1 Å². The zero-order chi connectivity index (χ0) is 16.8. The van der Waals surface area contributed by atoms with Gasteiger partial charge in [0.15, 0.2) is 0 Å². The summed E-state index contributed by atoms with van der Waals surface area (Å²) < 4.78 is 0. The van der Waals surface area contributed by atoms with Crippen LogP contribution in [0.5, 0.6) is 0 Å². The molecular formula is C18H29N5O. The molecule has 2 fully saturated rings. The number of rotatable bonds is 5. The van der Waals surface area contributed by atoms with Crippen molar-refractivity contribution >= 4 is 5.91 Å². The summed E-state index contributed by atoms with van der Waals surface area (Å²) in [6, 6.07) is 6.40. The van der Waals surface area contributed by atoms with Crippen molar-refractivity contribution in [3.63, 3.8) is 0 Å². The van der Waals surface area contributed by atoms with Crippen molar-refractivity contribution in [3.05, 3.63) is 30.1 Å². The SMILES string of the molecule is CCCC1CC(C(=O)N2CCCN(Cc3ccccn3)CC2)NN1. The van der Waals surface area contributed by atoms with Gasteiger partial charge in [0.2, 0.25) is 5.91 Å². The molecule has 3 heterocycles. The van der Waals surface area contributed by atoms with E-state index in [1.54, 1.807) is 0 Å². The van der Waals surface area contributed by atoms with Crippen LogP contribution in [0.3, 0.4) is 0 Å². The van der Waals surface area contributed by atoms with Gasteiger partial charge in [-0.15, -0.1) is 0 Å². The van der Waals surface area contributed by atoms with E-state index in [1.165, 1.54) is 0 Å². The van der Waals surface area contributed by atoms with E-state index in [2.05, 4.69) is 33.7 Å². The smallest absolute Gasteiger partial charge is 0.241 e. The van der Waals surface area contributed by atoms with E-state index in [9.17, 15) is 4.79 Å². The maximum absolute atomic E-state index is 12.8. The Kier molecular flexibility index (Phi) is 6.18. The Morgan fingerprint density at radius 1 is 1.25 bits per heavy atom. The number of carbonyl (C=O) groups excluding carboxylic acids is 1. The summed E-state index contributed by atoms with van der Waals surface area (Å²) in [7, 11) is 0. The van der Waals surface area contributed by atoms with Crippen LogP contribution in [0.4, 0.5) is 0 Å². The lowest BCUT2D eigenvalue weighted by Gasteiger charge is -2.24. The van der Waals surface area contributed by atoms with Crippen LogP contribution in [-0.4, -0.2) is 59.0 Å². The molecule has 2 aliphatic heterocycles. The summed E-state index contributed by atoms with van der Waals surface area (Å²) in [5.41, 5.74) is 7.56. The third kappa shape index (κ3) is 4.53. The standard InChI is InChI=1S/C18H29N5O/c1-2-6-15-13-17(21-20-15)18(24)23-10-5-9-22(11-12-23)14-16-7-3-4-8-19-16/h3-4,7-8,15,17,20-21H,2,5-6,9-14H2,1H3. The summed E-state index contributed by atoms with van der Waals surface area (Å²) >= 11 is 0. The highest BCUT2D eigenvalue weighted by Gasteiger charge is 2.32. The van der Waals surface area contributed by atoms with Crippen LogP contribution in [0.1, 0.15) is 38.3 Å². The molecule has 2 unspecified atom stereocenters. The van der Waals surface area contributed by atoms with Crippen molar-refractivity contribution < 1.29 is 4.79 Å². The van der Waals surface area contributed by atoms with Crippen molar-refractivity contribution in [1.29, 1.82) is 0 Å². The second kappa shape index (κ2) is 8.55. The molecule has 0 aromatic carbocycles. The van der Waals surface area contributed by atoms with Crippen molar-refractivity contribution in [2.45, 2.75) is 51.2 Å². The van der Waals surface area contributed by atoms with Gasteiger partial charge in [-0.05, 0) is 31.4 Å². The molecule has 2 aliphatic rings. The van der Waals surface area contributed by atoms with Crippen LogP contribution >= 0.6 is 0 Å². The fourth-order valence-electron chi connectivity index (χ4n) is 3.61. The van der Waals surface area contributed by atoms with Gasteiger partial charge in [0.05, 0.1) is 5.69 Å². The Balaban J connectivity index is 1.49. The minimum Gasteiger partial charge on any atom is -0.340 e. The minimum absolute atomic E-state index is 0.0658. The molecule has 0 bridgehead atoms. The molecule has 0 aliphatic carbocycles. The molecule has 1 aromatic rings. The lowest BCUT2D eigenvalue weighted by Crippen LogP contribution is -2.46. The Hall–Kier alpha value is -1.50. The minimum atomic E-state index is -0.0658. The largest absolute Gasteiger partial charge is 0.340 e. The fourth-order valence-corrected chi connectivity index (χ4v) is 3.61. The highest BCUT2D eigenvalue weighted by atomic mass is 16.2. The van der Waals surface area contributed by atoms with Crippen LogP contribution in [0, 0.1) is 0 Å². The second-order valence-corrected chi connectivity index (χ2v) is 6.84. The number of hydrazine groups is 1. The van der Waals surface area contributed by atoms with Gasteiger partial charge < -0.3 is 4.90 Å². The molecule has 1 amide bonds. The first-order chi connectivity index (χ1) is 11.8. The van der Waals surface area contributed by atoms with Gasteiger partial charge in [0.25, 0.3) is 0 Å². The predicted molar refractivity (Wildman–Crippen MR) is 94.1 cm³/mol. The van der Waals surface area contributed by atoms with E-state index < -0.39 is 0 Å². The van der Waals surface area contributed by atoms with Gasteiger partial charge in [0, 0.05) is 45.0 Å². The molecular weight excluding hydrogens is 302 g/mol. The number of nitrogens with zero attached hydrogens (tertiary/aromatic N) is 3. The maximum atomic E-state index is 12.8. The molecule has 132 valence electrons. The Morgan fingerprint density at radius 3 is 2.96 bits per heavy atom. The molecule has 1 aromatic heterocycles. The van der Waals surface area contributed by atoms with E-state index >= 15 is 0 Å². The average molecular weight is 331 g/mol. The summed E-state index contributed by atoms with van der Waals surface area (Å²) in [5, 5.41) is 0. The highest BCUT2D eigenvalue weighted by molar-refractivity contribution is 5.82. The van der Waals surface area contributed by atoms with Gasteiger partial charge in [0.1, 0.15) is 6.04 Å². The van der Waals surface area contributed by atoms with E-state index in [0.717, 1.165) is 64.1 Å². The number of hydrogen-bond donors (Lipinski definition) is 2. The molecule has 2 N–H and O–H groups in total. The molecule has 0 spiro atoms. The number of hydrogen-bond acceptors (Lipinski definition) is 5. The van der Waals surface area contributed by atoms with Crippen molar-refractivity contribution in [2.24, 2.45) is 0 Å². The highest BCUT2D eigenvalue weighted by Crippen LogP contribution is 2.14. The topological polar surface area (TPSA) is 60.5 Å². The Labute approximate surface area is 144 Å². The van der Waals surface area contributed by atoms with Crippen LogP contribution in [0.15, 0.2) is 24.4 Å². The van der Waals surface area contributed by atoms with Gasteiger partial charge >= 0.3 is 0 Å². The lowest BCUT2D eigenvalue weighted by molar-refractivity contribution is -0.133. The predicted octanol–water partition coefficient (Wildman–Crippen LogP) is 1.15. The molecule has 6 heteroatoms. The van der Waals surface area contributed by atoms with Crippen LogP contribution in [0.2, 0.25) is 0 Å². The first kappa shape index (κ1) is 17.3. The molecule has 24 heavy (non-hydrogen) atoms. The van der Waals surface area contributed by atoms with Crippen molar-refractivity contribution in [3.8, 4) is 0 Å². The number of pyridine rings is 1. The fraction of sp³-hybridized carbons (Fsp3) is 0.667. The summed E-state index contributed by atoms with van der Waals surface area (Å²) in [6.07, 6.45) is 6.04. The van der Waals surface area contributed by atoms with E-state index in [0.29, 0.717) is 6.04 Å². The molecule has 2 saturated heterocycles. The molecule has 0 radical (unpaired) electrons. The third-order valence-corrected chi connectivity index (χ3v) is 4.93. The quantitative estimate of drug-likeness (QED) is 0.848. The Morgan fingerprint density at radius 2 is 2.17 bits per heavy atom. The summed E-state index contributed by atoms with van der Waals surface area (Å²) in [5.74, 6) is 0.251. The summed E-state index contributed by atoms with van der Waals surface area (Å²) in [4.78, 5) is 21.6. The number of amides is 1. The Bertz CT molecular complexity index is 523. The van der Waals surface area contributed by atoms with Gasteiger partial charge in [-0.25, -0.2) is 5.43 Å². The van der Waals surface area contributed by atoms with Crippen LogP contribution in [0.25, 0.3) is 0 Å². The molecule has 0 saturated carbocycles. The number of aromatic nitrogens is 1. The maximum Gasteiger partial charge on any atom is 0.241 e. The normalized spacial score (nSPS) is 25.6. The zero-order valence-corrected chi connectivity index (χ0v) is 14.6. The average Bonchev–Trinajstić information content (AvgIpc) is 2.94.